The van der Waals surface area contributed by atoms with Gasteiger partial charge in [0, 0.05) is 29.5 Å². The number of hydrogen-bond donors (Lipinski definition) is 2. The van der Waals surface area contributed by atoms with Gasteiger partial charge in [0.1, 0.15) is 35.7 Å². The number of benzene rings is 3. The Labute approximate surface area is 232 Å². The minimum Gasteiger partial charge on any atom is -0.772 e. The maximum Gasteiger partial charge on any atom is 0.150 e. The minimum absolute atomic E-state index is 0.0245. The van der Waals surface area contributed by atoms with E-state index in [0.29, 0.717) is 35.1 Å². The van der Waals surface area contributed by atoms with E-state index in [4.69, 9.17) is 9.47 Å². The molecule has 1 saturated heterocycles. The molecule has 3 aromatic rings. The Hall–Kier alpha value is -3.33. The van der Waals surface area contributed by atoms with Gasteiger partial charge in [-0.2, -0.15) is 0 Å². The van der Waals surface area contributed by atoms with Crippen LogP contribution in [0.4, 0.5) is 0 Å². The Morgan fingerprint density at radius 1 is 1.08 bits per heavy atom. The predicted octanol–water partition coefficient (Wildman–Crippen LogP) is 5.65. The van der Waals surface area contributed by atoms with Crippen LogP contribution in [0.5, 0.6) is 23.0 Å². The lowest BCUT2D eigenvalue weighted by atomic mass is 9.84. The van der Waals surface area contributed by atoms with Gasteiger partial charge < -0.3 is 24.2 Å². The number of fused-ring (bicyclic) bond motifs is 1. The zero-order valence-electron chi connectivity index (χ0n) is 22.4. The van der Waals surface area contributed by atoms with Crippen LogP contribution in [0, 0.1) is 5.92 Å². The highest BCUT2D eigenvalue weighted by Crippen LogP contribution is 2.48. The van der Waals surface area contributed by atoms with Crippen LogP contribution in [-0.2, 0) is 16.8 Å². The fourth-order valence-electron chi connectivity index (χ4n) is 5.52. The molecule has 0 aliphatic carbocycles. The summed E-state index contributed by atoms with van der Waals surface area (Å²) in [4.78, 5) is 2.46. The molecule has 5 rings (SSSR count). The van der Waals surface area contributed by atoms with Gasteiger partial charge in [-0.1, -0.05) is 36.2 Å². The number of hydrogen-bond acceptors (Lipinski definition) is 7. The summed E-state index contributed by atoms with van der Waals surface area (Å²) < 4.78 is 35.9. The minimum atomic E-state index is -2.32. The number of allylic oxidation sites excluding steroid dienone is 1. The molecule has 2 heterocycles. The molecule has 206 valence electrons. The molecular weight excluding hydrogens is 514 g/mol. The van der Waals surface area contributed by atoms with Gasteiger partial charge in [0.25, 0.3) is 0 Å². The van der Waals surface area contributed by atoms with Crippen molar-refractivity contribution in [1.82, 2.24) is 4.90 Å². The van der Waals surface area contributed by atoms with Gasteiger partial charge in [-0.3, -0.25) is 9.11 Å². The Morgan fingerprint density at radius 3 is 2.44 bits per heavy atom. The van der Waals surface area contributed by atoms with E-state index < -0.39 is 17.2 Å². The smallest absolute Gasteiger partial charge is 0.150 e. The second-order valence-corrected chi connectivity index (χ2v) is 11.5. The van der Waals surface area contributed by atoms with Crippen LogP contribution in [0.3, 0.4) is 0 Å². The fourth-order valence-corrected chi connectivity index (χ4v) is 6.02. The first-order valence-electron chi connectivity index (χ1n) is 13.3. The number of phenolic OH excluding ortho intramolecular Hbond substituents is 2. The molecule has 2 aliphatic rings. The van der Waals surface area contributed by atoms with Crippen molar-refractivity contribution in [1.29, 1.82) is 0 Å². The summed E-state index contributed by atoms with van der Waals surface area (Å²) in [6.07, 6.45) is 0.658. The normalized spacial score (nSPS) is 20.8. The van der Waals surface area contributed by atoms with E-state index in [1.54, 1.807) is 30.3 Å². The second-order valence-electron chi connectivity index (χ2n) is 10.6. The highest BCUT2D eigenvalue weighted by Gasteiger charge is 2.31. The molecule has 0 saturated carbocycles. The van der Waals surface area contributed by atoms with Crippen LogP contribution in [0.2, 0.25) is 0 Å². The van der Waals surface area contributed by atoms with Crippen molar-refractivity contribution in [3.8, 4) is 23.0 Å². The lowest BCUT2D eigenvalue weighted by Gasteiger charge is -2.32. The summed E-state index contributed by atoms with van der Waals surface area (Å²) >= 11 is -2.32. The van der Waals surface area contributed by atoms with Gasteiger partial charge in [-0.15, -0.1) is 0 Å². The third kappa shape index (κ3) is 5.98. The summed E-state index contributed by atoms with van der Waals surface area (Å²) in [5.41, 5.74) is 4.27. The van der Waals surface area contributed by atoms with Crippen molar-refractivity contribution in [2.45, 2.75) is 45.1 Å². The summed E-state index contributed by atoms with van der Waals surface area (Å²) in [5, 5.41) is 20.5. The quantitative estimate of drug-likeness (QED) is 0.351. The average Bonchev–Trinajstić information content (AvgIpc) is 3.35. The Kier molecular flexibility index (Phi) is 7.98. The maximum absolute atomic E-state index is 11.7. The van der Waals surface area contributed by atoms with E-state index in [1.165, 1.54) is 12.5 Å². The van der Waals surface area contributed by atoms with E-state index in [0.717, 1.165) is 41.5 Å². The molecule has 0 bridgehead atoms. The highest BCUT2D eigenvalue weighted by atomic mass is 32.2. The summed E-state index contributed by atoms with van der Waals surface area (Å²) in [5.74, 6) is 2.03. The molecule has 0 aromatic heterocycles. The third-order valence-electron chi connectivity index (χ3n) is 7.69. The van der Waals surface area contributed by atoms with Crippen molar-refractivity contribution in [3.63, 3.8) is 0 Å². The van der Waals surface area contributed by atoms with Gasteiger partial charge in [0.05, 0.1) is 0 Å². The van der Waals surface area contributed by atoms with Crippen LogP contribution in [-0.4, -0.2) is 49.6 Å². The van der Waals surface area contributed by atoms with E-state index >= 15 is 0 Å². The van der Waals surface area contributed by atoms with Gasteiger partial charge in [-0.05, 0) is 97.5 Å². The topological polar surface area (TPSA) is 102 Å². The van der Waals surface area contributed by atoms with Crippen LogP contribution >= 0.6 is 0 Å². The number of ether oxygens (including phenoxy) is 2. The van der Waals surface area contributed by atoms with Crippen LogP contribution in [0.1, 0.15) is 55.5 Å². The molecule has 0 spiro atoms. The van der Waals surface area contributed by atoms with E-state index in [2.05, 4.69) is 18.7 Å². The summed E-state index contributed by atoms with van der Waals surface area (Å²) in [6.45, 7) is 9.21. The Morgan fingerprint density at radius 2 is 1.77 bits per heavy atom. The van der Waals surface area contributed by atoms with Crippen LogP contribution in [0.15, 0.2) is 60.7 Å². The number of aromatic hydroxyl groups is 2. The zero-order valence-corrected chi connectivity index (χ0v) is 23.2. The molecule has 7 nitrogen and oxygen atoms in total. The lowest BCUT2D eigenvalue weighted by Crippen LogP contribution is -2.35. The standard InChI is InChI=1S/C31H35NO6S/c1-19-12-13-32(16-19)20(2)17-37-26-9-5-22(6-10-26)31-30(21(3)27-14-25(34)8-11-29(27)38-31)28-15-24(33)7-4-23(28)18-39(35)36/h4-11,14-15,19-20,31,33-34H,12-13,16-18H2,1-3H3,(H,35,36)/p-1/t19-,20+,31?/m1/s1. The molecule has 0 amide bonds. The molecule has 2 N–H and O–H groups in total. The molecule has 4 atom stereocenters. The molecule has 2 aliphatic heterocycles. The van der Waals surface area contributed by atoms with Gasteiger partial charge in [-0.25, -0.2) is 0 Å². The SMILES string of the molecule is CC1=C(c2cc(O)ccc2CS(=O)[O-])C(c2ccc(OC[C@H](C)N3CC[C@@H](C)C3)cc2)Oc2ccc(O)cc21. The van der Waals surface area contributed by atoms with Crippen molar-refractivity contribution in [2.75, 3.05) is 19.7 Å². The molecular formula is C31H34NO6S-. The molecule has 39 heavy (non-hydrogen) atoms. The maximum atomic E-state index is 11.7. The monoisotopic (exact) mass is 548 g/mol. The van der Waals surface area contributed by atoms with Crippen molar-refractivity contribution >= 4 is 22.2 Å². The number of nitrogens with zero attached hydrogens (tertiary/aromatic N) is 1. The summed E-state index contributed by atoms with van der Waals surface area (Å²) in [7, 11) is 0. The number of phenols is 2. The second kappa shape index (κ2) is 11.4. The first-order chi connectivity index (χ1) is 18.7. The first kappa shape index (κ1) is 27.2. The Balaban J connectivity index is 1.48. The first-order valence-corrected chi connectivity index (χ1v) is 14.5. The van der Waals surface area contributed by atoms with Crippen molar-refractivity contribution in [3.05, 3.63) is 82.9 Å². The molecule has 0 radical (unpaired) electrons. The Bertz CT molecular complexity index is 1400. The number of rotatable bonds is 8. The fraction of sp³-hybridized carbons (Fsp3) is 0.355. The van der Waals surface area contributed by atoms with E-state index in [-0.39, 0.29) is 17.3 Å². The lowest BCUT2D eigenvalue weighted by molar-refractivity contribution is 0.169. The van der Waals surface area contributed by atoms with Gasteiger partial charge >= 0.3 is 0 Å². The molecule has 2 unspecified atom stereocenters. The number of likely N-dealkylation sites (tertiary alicyclic amines) is 1. The van der Waals surface area contributed by atoms with E-state index in [9.17, 15) is 19.0 Å². The average molecular weight is 549 g/mol. The van der Waals surface area contributed by atoms with Crippen LogP contribution in [0.25, 0.3) is 11.1 Å². The summed E-state index contributed by atoms with van der Waals surface area (Å²) in [6, 6.07) is 17.7. The van der Waals surface area contributed by atoms with Crippen molar-refractivity contribution in [2.24, 2.45) is 5.92 Å². The van der Waals surface area contributed by atoms with E-state index in [1.807, 2.05) is 31.2 Å². The molecule has 3 aromatic carbocycles. The molecule has 1 fully saturated rings. The van der Waals surface area contributed by atoms with Crippen molar-refractivity contribution < 1.29 is 28.4 Å². The molecule has 8 heteroatoms. The highest BCUT2D eigenvalue weighted by molar-refractivity contribution is 7.78. The largest absolute Gasteiger partial charge is 0.772 e. The predicted molar refractivity (Wildman–Crippen MR) is 151 cm³/mol. The zero-order chi connectivity index (χ0) is 27.7. The van der Waals surface area contributed by atoms with Gasteiger partial charge in [0.2, 0.25) is 0 Å². The third-order valence-corrected chi connectivity index (χ3v) is 8.23. The van der Waals surface area contributed by atoms with Crippen LogP contribution < -0.4 is 9.47 Å². The van der Waals surface area contributed by atoms with Gasteiger partial charge in [0.15, 0.2) is 0 Å².